The molecular formula is C29H22FN5O7. The Balaban J connectivity index is 0.000000171. The van der Waals surface area contributed by atoms with Crippen LogP contribution in [0.2, 0.25) is 0 Å². The highest BCUT2D eigenvalue weighted by Crippen LogP contribution is 2.32. The van der Waals surface area contributed by atoms with Crippen LogP contribution in [0.3, 0.4) is 0 Å². The Morgan fingerprint density at radius 3 is 1.81 bits per heavy atom. The van der Waals surface area contributed by atoms with Gasteiger partial charge in [0.05, 0.1) is 16.0 Å². The lowest BCUT2D eigenvalue weighted by Crippen LogP contribution is -2.16. The largest absolute Gasteiger partial charge is 0.436 e. The van der Waals surface area contributed by atoms with Gasteiger partial charge in [-0.3, -0.25) is 20.2 Å². The molecule has 42 heavy (non-hydrogen) atoms. The predicted octanol–water partition coefficient (Wildman–Crippen LogP) is 6.74. The number of aliphatic hydroxyl groups is 1. The summed E-state index contributed by atoms with van der Waals surface area (Å²) in [6.07, 6.45) is -0.605. The van der Waals surface area contributed by atoms with Crippen molar-refractivity contribution < 1.29 is 28.2 Å². The van der Waals surface area contributed by atoms with Crippen LogP contribution in [0.5, 0.6) is 0 Å². The summed E-state index contributed by atoms with van der Waals surface area (Å²) in [7, 11) is 0. The fourth-order valence-corrected chi connectivity index (χ4v) is 4.00. The number of halogens is 1. The number of fused-ring (bicyclic) bond motifs is 2. The topological polar surface area (TPSA) is 171 Å². The van der Waals surface area contributed by atoms with Crippen LogP contribution in [0.1, 0.15) is 6.92 Å². The van der Waals surface area contributed by atoms with Gasteiger partial charge in [-0.1, -0.05) is 24.3 Å². The van der Waals surface area contributed by atoms with Gasteiger partial charge in [-0.25, -0.2) is 9.97 Å². The van der Waals surface area contributed by atoms with Crippen LogP contribution < -0.4 is 5.32 Å². The van der Waals surface area contributed by atoms with Crippen molar-refractivity contribution in [2.24, 2.45) is 0 Å². The zero-order valence-corrected chi connectivity index (χ0v) is 21.9. The Labute approximate surface area is 236 Å². The van der Waals surface area contributed by atoms with Gasteiger partial charge in [0, 0.05) is 29.8 Å². The molecule has 0 spiro atoms. The molecule has 2 N–H and O–H groups in total. The average molecular weight is 572 g/mol. The number of nitrogens with zero attached hydrogens (tertiary/aromatic N) is 4. The van der Waals surface area contributed by atoms with Gasteiger partial charge in [0.2, 0.25) is 17.6 Å². The fourth-order valence-electron chi connectivity index (χ4n) is 4.00. The molecular weight excluding hydrogens is 549 g/mol. The summed E-state index contributed by atoms with van der Waals surface area (Å²) in [5.74, 6) is -0.328. The Morgan fingerprint density at radius 2 is 1.31 bits per heavy atom. The second kappa shape index (κ2) is 11.8. The molecule has 0 saturated heterocycles. The molecule has 2 heterocycles. The highest BCUT2D eigenvalue weighted by Gasteiger charge is 2.19. The minimum atomic E-state index is -0.884. The number of oxazole rings is 2. The van der Waals surface area contributed by atoms with E-state index in [2.05, 4.69) is 15.3 Å². The van der Waals surface area contributed by atoms with Crippen LogP contribution in [0.4, 0.5) is 21.5 Å². The molecule has 2 aromatic heterocycles. The van der Waals surface area contributed by atoms with E-state index in [-0.39, 0.29) is 18.1 Å². The second-order valence-electron chi connectivity index (χ2n) is 9.12. The van der Waals surface area contributed by atoms with Crippen LogP contribution in [0.15, 0.2) is 93.8 Å². The summed E-state index contributed by atoms with van der Waals surface area (Å²) in [5.41, 5.74) is 3.08. The number of aromatic nitrogens is 2. The number of rotatable bonds is 7. The summed E-state index contributed by atoms with van der Waals surface area (Å²) < 4.78 is 24.4. The Kier molecular flexibility index (Phi) is 7.84. The quantitative estimate of drug-likeness (QED) is 0.154. The van der Waals surface area contributed by atoms with Gasteiger partial charge in [0.25, 0.3) is 5.69 Å². The van der Waals surface area contributed by atoms with E-state index in [1.54, 1.807) is 43.3 Å². The van der Waals surface area contributed by atoms with Crippen molar-refractivity contribution >= 4 is 39.3 Å². The van der Waals surface area contributed by atoms with Crippen molar-refractivity contribution in [3.05, 3.63) is 111 Å². The number of benzene rings is 4. The molecule has 0 amide bonds. The first-order valence-electron chi connectivity index (χ1n) is 12.6. The molecule has 0 aliphatic carbocycles. The first-order chi connectivity index (χ1) is 20.2. The molecule has 13 heteroatoms. The maximum Gasteiger partial charge on any atom is 0.305 e. The number of para-hydroxylation sites is 4. The number of hydrogen-bond acceptors (Lipinski definition) is 10. The van der Waals surface area contributed by atoms with Crippen molar-refractivity contribution in [3.63, 3.8) is 0 Å². The molecule has 0 bridgehead atoms. The van der Waals surface area contributed by atoms with Gasteiger partial charge in [-0.05, 0) is 55.5 Å². The van der Waals surface area contributed by atoms with Crippen molar-refractivity contribution in [3.8, 4) is 22.9 Å². The van der Waals surface area contributed by atoms with Gasteiger partial charge in [-0.2, -0.15) is 4.39 Å². The van der Waals surface area contributed by atoms with E-state index in [1.165, 1.54) is 12.1 Å². The lowest BCUT2D eigenvalue weighted by Gasteiger charge is -2.09. The molecule has 1 atom stereocenters. The summed E-state index contributed by atoms with van der Waals surface area (Å²) in [6.45, 7) is 1.83. The lowest BCUT2D eigenvalue weighted by molar-refractivity contribution is -0.387. The Hall–Kier alpha value is -5.69. The van der Waals surface area contributed by atoms with E-state index in [1.807, 2.05) is 24.3 Å². The van der Waals surface area contributed by atoms with E-state index >= 15 is 0 Å². The Morgan fingerprint density at radius 1 is 0.810 bits per heavy atom. The molecule has 6 aromatic rings. The van der Waals surface area contributed by atoms with Gasteiger partial charge in [0.1, 0.15) is 16.7 Å². The van der Waals surface area contributed by atoms with Crippen LogP contribution in [-0.4, -0.2) is 37.6 Å². The van der Waals surface area contributed by atoms with Crippen LogP contribution in [-0.2, 0) is 0 Å². The molecule has 0 saturated carbocycles. The molecule has 0 fully saturated rings. The normalized spacial score (nSPS) is 11.6. The molecule has 4 aromatic carbocycles. The van der Waals surface area contributed by atoms with E-state index < -0.39 is 27.5 Å². The third-order valence-corrected chi connectivity index (χ3v) is 6.01. The van der Waals surface area contributed by atoms with E-state index in [0.29, 0.717) is 44.9 Å². The van der Waals surface area contributed by atoms with E-state index in [0.717, 1.165) is 12.1 Å². The highest BCUT2D eigenvalue weighted by atomic mass is 19.1. The number of anilines is 1. The fraction of sp³-hybridized carbons (Fsp3) is 0.103. The maximum absolute atomic E-state index is 13.2. The first-order valence-corrected chi connectivity index (χ1v) is 12.6. The molecule has 1 unspecified atom stereocenters. The SMILES string of the molecule is CC(O)CNc1ccc(-c2nc3ccccc3o2)cc1[N+](=O)[O-].O=[N+]([O-])c1cc(-c2nc3ccccc3o2)ccc1F. The van der Waals surface area contributed by atoms with Crippen molar-refractivity contribution in [1.82, 2.24) is 9.97 Å². The zero-order chi connectivity index (χ0) is 29.8. The van der Waals surface area contributed by atoms with E-state index in [9.17, 15) is 29.7 Å². The van der Waals surface area contributed by atoms with Crippen LogP contribution in [0, 0.1) is 26.0 Å². The van der Waals surface area contributed by atoms with Crippen molar-refractivity contribution in [2.45, 2.75) is 13.0 Å². The highest BCUT2D eigenvalue weighted by molar-refractivity contribution is 5.78. The summed E-state index contributed by atoms with van der Waals surface area (Å²) in [6, 6.07) is 22.6. The minimum Gasteiger partial charge on any atom is -0.436 e. The van der Waals surface area contributed by atoms with Crippen LogP contribution >= 0.6 is 0 Å². The molecule has 6 rings (SSSR count). The van der Waals surface area contributed by atoms with Crippen molar-refractivity contribution in [1.29, 1.82) is 0 Å². The number of nitrogens with one attached hydrogen (secondary N) is 1. The second-order valence-corrected chi connectivity index (χ2v) is 9.12. The van der Waals surface area contributed by atoms with Gasteiger partial charge >= 0.3 is 5.69 Å². The number of aliphatic hydroxyl groups excluding tert-OH is 1. The standard InChI is InChI=1S/C16H15N3O4.C13H7FN2O3/c1-10(20)9-17-12-7-6-11(8-14(12)19(21)22)16-18-13-4-2-3-5-15(13)23-16;14-9-6-5-8(7-11(9)16(17)18)13-15-10-3-1-2-4-12(10)19-13/h2-8,10,17,20H,9H2,1H3;1-7H. The molecule has 0 aliphatic heterocycles. The minimum absolute atomic E-state index is 0.0922. The predicted molar refractivity (Wildman–Crippen MR) is 152 cm³/mol. The average Bonchev–Trinajstić information content (AvgIpc) is 3.61. The lowest BCUT2D eigenvalue weighted by atomic mass is 10.1. The van der Waals surface area contributed by atoms with Gasteiger partial charge in [-0.15, -0.1) is 0 Å². The van der Waals surface area contributed by atoms with Crippen LogP contribution in [0.25, 0.3) is 45.1 Å². The van der Waals surface area contributed by atoms with Crippen molar-refractivity contribution in [2.75, 3.05) is 11.9 Å². The summed E-state index contributed by atoms with van der Waals surface area (Å²) >= 11 is 0. The third-order valence-electron chi connectivity index (χ3n) is 6.01. The number of nitro groups is 2. The third kappa shape index (κ3) is 6.05. The molecule has 12 nitrogen and oxygen atoms in total. The number of nitro benzene ring substituents is 2. The molecule has 212 valence electrons. The van der Waals surface area contributed by atoms with Gasteiger partial charge < -0.3 is 19.3 Å². The zero-order valence-electron chi connectivity index (χ0n) is 21.9. The number of hydrogen-bond donors (Lipinski definition) is 2. The Bertz CT molecular complexity index is 1850. The molecule has 0 aliphatic rings. The monoisotopic (exact) mass is 571 g/mol. The first kappa shape index (κ1) is 27.9. The smallest absolute Gasteiger partial charge is 0.305 e. The molecule has 0 radical (unpaired) electrons. The van der Waals surface area contributed by atoms with Gasteiger partial charge in [0.15, 0.2) is 11.2 Å². The summed E-state index contributed by atoms with van der Waals surface area (Å²) in [4.78, 5) is 29.3. The maximum atomic E-state index is 13.2. The van der Waals surface area contributed by atoms with E-state index in [4.69, 9.17) is 8.83 Å². The summed E-state index contributed by atoms with van der Waals surface area (Å²) in [5, 5.41) is 34.1.